The highest BCUT2D eigenvalue weighted by atomic mass is 32.2. The number of sulfone groups is 1. The molecule has 0 aliphatic carbocycles. The molecule has 5 heteroatoms. The van der Waals surface area contributed by atoms with Crippen molar-refractivity contribution in [2.45, 2.75) is 20.8 Å². The van der Waals surface area contributed by atoms with Gasteiger partial charge < -0.3 is 5.32 Å². The van der Waals surface area contributed by atoms with E-state index >= 15 is 0 Å². The smallest absolute Gasteiger partial charge is 0.239 e. The van der Waals surface area contributed by atoms with Gasteiger partial charge >= 0.3 is 0 Å². The zero-order chi connectivity index (χ0) is 10.3. The van der Waals surface area contributed by atoms with E-state index in [1.165, 1.54) is 0 Å². The highest BCUT2D eigenvalue weighted by Crippen LogP contribution is 2.25. The number of rotatable bonds is 0. The van der Waals surface area contributed by atoms with Crippen LogP contribution in [0.3, 0.4) is 0 Å². The third kappa shape index (κ3) is 2.55. The molecule has 1 N–H and O–H groups in total. The lowest BCUT2D eigenvalue weighted by Crippen LogP contribution is -2.38. The van der Waals surface area contributed by atoms with Crippen LogP contribution >= 0.6 is 0 Å². The summed E-state index contributed by atoms with van der Waals surface area (Å²) in [5.41, 5.74) is 0.118. The van der Waals surface area contributed by atoms with Crippen molar-refractivity contribution >= 4 is 15.7 Å². The van der Waals surface area contributed by atoms with Crippen LogP contribution in [0.4, 0.5) is 0 Å². The van der Waals surface area contributed by atoms with E-state index in [9.17, 15) is 13.2 Å². The fraction of sp³-hybridized carbons (Fsp3) is 0.625. The van der Waals surface area contributed by atoms with Crippen molar-refractivity contribution in [3.05, 3.63) is 11.1 Å². The van der Waals surface area contributed by atoms with Crippen LogP contribution in [0.25, 0.3) is 0 Å². The highest BCUT2D eigenvalue weighted by Gasteiger charge is 2.28. The van der Waals surface area contributed by atoms with Crippen LogP contribution < -0.4 is 5.32 Å². The number of nitrogens with one attached hydrogen (secondary N) is 1. The summed E-state index contributed by atoms with van der Waals surface area (Å²) in [6.07, 6.45) is 0. The Morgan fingerprint density at radius 3 is 2.31 bits per heavy atom. The predicted molar refractivity (Wildman–Crippen MR) is 49.5 cm³/mol. The molecule has 1 rings (SSSR count). The van der Waals surface area contributed by atoms with Gasteiger partial charge in [0.1, 0.15) is 5.75 Å². The molecule has 74 valence electrons. The molecule has 0 aromatic heterocycles. The van der Waals surface area contributed by atoms with Gasteiger partial charge in [0.25, 0.3) is 0 Å². The van der Waals surface area contributed by atoms with Gasteiger partial charge in [-0.15, -0.1) is 0 Å². The quantitative estimate of drug-likeness (QED) is 0.620. The number of amides is 1. The Labute approximate surface area is 77.9 Å². The Bertz CT molecular complexity index is 359. The summed E-state index contributed by atoms with van der Waals surface area (Å²) in [4.78, 5) is 11.0. The Morgan fingerprint density at radius 1 is 1.38 bits per heavy atom. The Kier molecular flexibility index (Phi) is 2.23. The Morgan fingerprint density at radius 2 is 1.92 bits per heavy atom. The summed E-state index contributed by atoms with van der Waals surface area (Å²) < 4.78 is 22.4. The van der Waals surface area contributed by atoms with Crippen molar-refractivity contribution < 1.29 is 13.2 Å². The van der Waals surface area contributed by atoms with E-state index in [0.29, 0.717) is 5.70 Å². The first kappa shape index (κ1) is 10.2. The van der Waals surface area contributed by atoms with Crippen molar-refractivity contribution in [2.24, 2.45) is 5.41 Å². The van der Waals surface area contributed by atoms with E-state index in [0.717, 1.165) is 5.41 Å². The van der Waals surface area contributed by atoms with Gasteiger partial charge in [0.2, 0.25) is 5.91 Å². The van der Waals surface area contributed by atoms with E-state index in [4.69, 9.17) is 0 Å². The predicted octanol–water partition coefficient (Wildman–Crippen LogP) is 0.419. The van der Waals surface area contributed by atoms with Gasteiger partial charge in [-0.25, -0.2) is 8.42 Å². The van der Waals surface area contributed by atoms with Crippen molar-refractivity contribution in [1.82, 2.24) is 5.32 Å². The summed E-state index contributed by atoms with van der Waals surface area (Å²) in [7, 11) is -3.34. The van der Waals surface area contributed by atoms with Crippen LogP contribution in [0.15, 0.2) is 11.1 Å². The molecule has 4 nitrogen and oxygen atoms in total. The van der Waals surface area contributed by atoms with Gasteiger partial charge in [-0.1, -0.05) is 20.8 Å². The van der Waals surface area contributed by atoms with Crippen LogP contribution in [0.2, 0.25) is 0 Å². The van der Waals surface area contributed by atoms with Crippen LogP contribution in [-0.4, -0.2) is 20.1 Å². The van der Waals surface area contributed by atoms with E-state index in [-0.39, 0.29) is 5.41 Å². The van der Waals surface area contributed by atoms with Gasteiger partial charge in [-0.05, 0) is 0 Å². The van der Waals surface area contributed by atoms with Gasteiger partial charge in [0.15, 0.2) is 9.84 Å². The average molecular weight is 203 g/mol. The van der Waals surface area contributed by atoms with Crippen LogP contribution in [0.5, 0.6) is 0 Å². The maximum absolute atomic E-state index is 11.2. The van der Waals surface area contributed by atoms with E-state index in [1.807, 2.05) is 20.8 Å². The first-order valence-corrected chi connectivity index (χ1v) is 5.67. The lowest BCUT2D eigenvalue weighted by atomic mass is 9.93. The van der Waals surface area contributed by atoms with E-state index in [1.54, 1.807) is 0 Å². The van der Waals surface area contributed by atoms with Crippen LogP contribution in [-0.2, 0) is 14.6 Å². The number of hydrogen-bond acceptors (Lipinski definition) is 3. The fourth-order valence-corrected chi connectivity index (χ4v) is 2.28. The molecular weight excluding hydrogens is 190 g/mol. The molecule has 0 aromatic carbocycles. The highest BCUT2D eigenvalue weighted by molar-refractivity contribution is 7.95. The maximum Gasteiger partial charge on any atom is 0.239 e. The fourth-order valence-electron chi connectivity index (χ4n) is 0.984. The number of allylic oxidation sites excluding steroid dienone is 1. The summed E-state index contributed by atoms with van der Waals surface area (Å²) in [5, 5.41) is 3.70. The molecule has 0 atom stereocenters. The first-order chi connectivity index (χ1) is 5.71. The second-order valence-electron chi connectivity index (χ2n) is 4.14. The normalized spacial score (nSPS) is 22.1. The summed E-state index contributed by atoms with van der Waals surface area (Å²) in [6.45, 7) is 5.54. The number of hydrogen-bond donors (Lipinski definition) is 1. The minimum Gasteiger partial charge on any atom is -0.328 e. The van der Waals surface area contributed by atoms with Crippen molar-refractivity contribution in [3.8, 4) is 0 Å². The zero-order valence-electron chi connectivity index (χ0n) is 7.92. The van der Waals surface area contributed by atoms with Crippen molar-refractivity contribution in [3.63, 3.8) is 0 Å². The van der Waals surface area contributed by atoms with Crippen LogP contribution in [0.1, 0.15) is 20.8 Å². The Hall–Kier alpha value is -0.840. The third-order valence-electron chi connectivity index (χ3n) is 1.71. The second kappa shape index (κ2) is 2.83. The molecule has 1 aliphatic rings. The number of carbonyl (C=O) groups is 1. The standard InChI is InChI=1S/C8H13NO3S/c1-8(2,3)6-4-13(11,12)5-7(10)9-6/h4H,5H2,1-3H3,(H,9,10). The molecule has 0 fully saturated rings. The Balaban J connectivity index is 3.14. The number of carbonyl (C=O) groups excluding carboxylic acids is 1. The van der Waals surface area contributed by atoms with E-state index in [2.05, 4.69) is 5.32 Å². The molecule has 0 spiro atoms. The van der Waals surface area contributed by atoms with Crippen molar-refractivity contribution in [1.29, 1.82) is 0 Å². The van der Waals surface area contributed by atoms with Crippen LogP contribution in [0, 0.1) is 5.41 Å². The van der Waals surface area contributed by atoms with Gasteiger partial charge in [0, 0.05) is 11.1 Å². The van der Waals surface area contributed by atoms with Gasteiger partial charge in [-0.3, -0.25) is 4.79 Å². The minimum atomic E-state index is -3.34. The molecule has 0 saturated heterocycles. The lowest BCUT2D eigenvalue weighted by molar-refractivity contribution is -0.118. The average Bonchev–Trinajstić information content (AvgIpc) is 1.79. The van der Waals surface area contributed by atoms with Crippen molar-refractivity contribution in [2.75, 3.05) is 5.75 Å². The van der Waals surface area contributed by atoms with E-state index < -0.39 is 21.5 Å². The molecule has 13 heavy (non-hydrogen) atoms. The monoisotopic (exact) mass is 203 g/mol. The topological polar surface area (TPSA) is 63.2 Å². The zero-order valence-corrected chi connectivity index (χ0v) is 8.73. The summed E-state index contributed by atoms with van der Waals surface area (Å²) in [6, 6.07) is 0. The molecule has 0 unspecified atom stereocenters. The lowest BCUT2D eigenvalue weighted by Gasteiger charge is -2.25. The molecule has 0 bridgehead atoms. The molecule has 1 heterocycles. The summed E-state index contributed by atoms with van der Waals surface area (Å²) >= 11 is 0. The van der Waals surface area contributed by atoms with Gasteiger partial charge in [0.05, 0.1) is 5.41 Å². The summed E-state index contributed by atoms with van der Waals surface area (Å²) in [5.74, 6) is -0.889. The first-order valence-electron chi connectivity index (χ1n) is 3.95. The molecule has 0 saturated carbocycles. The second-order valence-corrected chi connectivity index (χ2v) is 5.99. The molecule has 0 radical (unpaired) electrons. The van der Waals surface area contributed by atoms with Gasteiger partial charge in [-0.2, -0.15) is 0 Å². The third-order valence-corrected chi connectivity index (χ3v) is 2.97. The molecular formula is C8H13NO3S. The minimum absolute atomic E-state index is 0.344. The maximum atomic E-state index is 11.2. The largest absolute Gasteiger partial charge is 0.328 e. The molecule has 1 aliphatic heterocycles. The SMILES string of the molecule is CC(C)(C)C1=CS(=O)(=O)CC(=O)N1. The molecule has 0 aromatic rings. The molecule has 1 amide bonds.